The minimum Gasteiger partial charge on any atom is -0.481 e. The number of carbonyl (C=O) groups is 5. The molecule has 50 heavy (non-hydrogen) atoms. The molecule has 0 aliphatic heterocycles. The number of nitrogens with zero attached hydrogens (tertiary/aromatic N) is 2. The Labute approximate surface area is 284 Å². The van der Waals surface area contributed by atoms with Crippen molar-refractivity contribution in [2.45, 2.75) is 44.9 Å². The number of carboxylic acids is 1. The number of aromatic nitrogens is 2. The van der Waals surface area contributed by atoms with Gasteiger partial charge in [-0.2, -0.15) is 8.78 Å². The van der Waals surface area contributed by atoms with Crippen LogP contribution in [0.15, 0.2) is 95.9 Å². The summed E-state index contributed by atoms with van der Waals surface area (Å²) in [5.41, 5.74) is 1.01. The van der Waals surface area contributed by atoms with Crippen LogP contribution >= 0.6 is 0 Å². The van der Waals surface area contributed by atoms with Crippen molar-refractivity contribution in [2.24, 2.45) is 0 Å². The fourth-order valence-electron chi connectivity index (χ4n) is 4.78. The number of carboxylic acid groups (broad SMARTS) is 1. The van der Waals surface area contributed by atoms with E-state index in [0.717, 1.165) is 16.3 Å². The van der Waals surface area contributed by atoms with Crippen molar-refractivity contribution in [1.82, 2.24) is 20.2 Å². The quantitative estimate of drug-likeness (QED) is 0.136. The highest BCUT2D eigenvalue weighted by Crippen LogP contribution is 2.21. The summed E-state index contributed by atoms with van der Waals surface area (Å²) in [6, 6.07) is 21.4. The molecular weight excluding hydrogens is 656 g/mol. The molecule has 15 heteroatoms. The maximum Gasteiger partial charge on any atom is 0.412 e. The predicted molar refractivity (Wildman–Crippen MR) is 176 cm³/mol. The molecule has 0 saturated heterocycles. The van der Waals surface area contributed by atoms with Gasteiger partial charge in [0.15, 0.2) is 0 Å². The Morgan fingerprint density at radius 2 is 1.60 bits per heavy atom. The van der Waals surface area contributed by atoms with E-state index in [4.69, 9.17) is 9.84 Å². The predicted octanol–water partition coefficient (Wildman–Crippen LogP) is 3.49. The second-order valence-electron chi connectivity index (χ2n) is 11.1. The average Bonchev–Trinajstić information content (AvgIpc) is 3.09. The number of alkyl halides is 2. The minimum absolute atomic E-state index is 0.00822. The Hall–Kier alpha value is -6.25. The van der Waals surface area contributed by atoms with Gasteiger partial charge in [-0.1, -0.05) is 84.4 Å². The molecule has 13 nitrogen and oxygen atoms in total. The van der Waals surface area contributed by atoms with E-state index in [1.807, 2.05) is 0 Å². The van der Waals surface area contributed by atoms with Crippen LogP contribution in [0.1, 0.15) is 23.1 Å². The molecule has 1 unspecified atom stereocenters. The molecule has 1 atom stereocenters. The molecule has 3 amide bonds. The number of aryl methyl sites for hydroxylation is 1. The van der Waals surface area contributed by atoms with Crippen molar-refractivity contribution in [3.8, 4) is 11.4 Å². The van der Waals surface area contributed by atoms with Gasteiger partial charge < -0.3 is 20.5 Å². The second-order valence-corrected chi connectivity index (χ2v) is 11.1. The van der Waals surface area contributed by atoms with E-state index in [9.17, 15) is 28.8 Å². The van der Waals surface area contributed by atoms with Gasteiger partial charge >= 0.3 is 18.0 Å². The molecule has 0 fully saturated rings. The summed E-state index contributed by atoms with van der Waals surface area (Å²) in [7, 11) is 0. The van der Waals surface area contributed by atoms with E-state index in [0.29, 0.717) is 16.7 Å². The Kier molecular flexibility index (Phi) is 12.2. The number of aliphatic carboxylic acids is 1. The standard InChI is InChI=1S/C35H33F2N5O8/c1-22-9-8-14-25(17-22)31-39-19-27(41-34(49)50-21-24-12-6-3-7-13-24)32(47)42(31)20-28(43)40-26(18-23-10-4-2-5-11-23)30(46)35(36,37)33(48)38-16-15-29(44)45/h2-14,17,19,26H,15-16,18,20-21H2,1H3,(H,38,48)(H,40,43)(H,41,49)(H,44,45). The summed E-state index contributed by atoms with van der Waals surface area (Å²) in [6.07, 6.45) is -1.01. The average molecular weight is 690 g/mol. The van der Waals surface area contributed by atoms with Crippen molar-refractivity contribution in [3.05, 3.63) is 118 Å². The summed E-state index contributed by atoms with van der Waals surface area (Å²) in [6.45, 7) is 0.194. The Morgan fingerprint density at radius 1 is 0.940 bits per heavy atom. The summed E-state index contributed by atoms with van der Waals surface area (Å²) in [5.74, 6) is -11.1. The van der Waals surface area contributed by atoms with Crippen molar-refractivity contribution in [3.63, 3.8) is 0 Å². The van der Waals surface area contributed by atoms with Gasteiger partial charge in [-0.15, -0.1) is 0 Å². The maximum absolute atomic E-state index is 15.1. The molecule has 1 heterocycles. The van der Waals surface area contributed by atoms with E-state index in [1.54, 1.807) is 85.0 Å². The number of ether oxygens (including phenoxy) is 1. The number of ketones is 1. The highest BCUT2D eigenvalue weighted by Gasteiger charge is 2.50. The number of hydrogen-bond donors (Lipinski definition) is 4. The minimum atomic E-state index is -4.65. The van der Waals surface area contributed by atoms with Gasteiger partial charge in [0.25, 0.3) is 11.5 Å². The first kappa shape index (κ1) is 36.6. The highest BCUT2D eigenvalue weighted by molar-refractivity contribution is 6.10. The molecule has 0 aliphatic rings. The van der Waals surface area contributed by atoms with Gasteiger partial charge in [0.2, 0.25) is 11.7 Å². The molecule has 4 rings (SSSR count). The normalized spacial score (nSPS) is 11.6. The van der Waals surface area contributed by atoms with E-state index in [-0.39, 0.29) is 18.1 Å². The lowest BCUT2D eigenvalue weighted by atomic mass is 9.98. The second kappa shape index (κ2) is 16.7. The molecule has 0 radical (unpaired) electrons. The zero-order valence-electron chi connectivity index (χ0n) is 26.7. The molecule has 0 saturated carbocycles. The zero-order chi connectivity index (χ0) is 36.3. The number of amides is 3. The summed E-state index contributed by atoms with van der Waals surface area (Å²) in [5, 5.41) is 15.0. The first-order valence-electron chi connectivity index (χ1n) is 15.2. The van der Waals surface area contributed by atoms with Gasteiger partial charge in [0, 0.05) is 18.5 Å². The van der Waals surface area contributed by atoms with E-state index < -0.39 is 73.1 Å². The SMILES string of the molecule is Cc1cccc(-c2ncc(NC(=O)OCc3ccccc3)c(=O)n2CC(=O)NC(Cc2ccccc2)C(=O)C(F)(F)C(=O)NCCC(=O)O)c1. The number of hydrogen-bond acceptors (Lipinski definition) is 8. The largest absolute Gasteiger partial charge is 0.481 e. The zero-order valence-corrected chi connectivity index (χ0v) is 26.7. The summed E-state index contributed by atoms with van der Waals surface area (Å²) >= 11 is 0. The lowest BCUT2D eigenvalue weighted by molar-refractivity contribution is -0.160. The maximum atomic E-state index is 15.1. The van der Waals surface area contributed by atoms with Crippen molar-refractivity contribution < 1.29 is 42.6 Å². The molecule has 1 aromatic heterocycles. The van der Waals surface area contributed by atoms with E-state index in [2.05, 4.69) is 15.6 Å². The van der Waals surface area contributed by atoms with Crippen LogP contribution in [0.25, 0.3) is 11.4 Å². The van der Waals surface area contributed by atoms with Crippen LogP contribution in [0.4, 0.5) is 19.3 Å². The highest BCUT2D eigenvalue weighted by atomic mass is 19.3. The number of halogens is 2. The molecule has 4 aromatic rings. The first-order valence-corrected chi connectivity index (χ1v) is 15.2. The molecule has 3 aromatic carbocycles. The number of carbonyl (C=O) groups excluding carboxylic acids is 4. The summed E-state index contributed by atoms with van der Waals surface area (Å²) in [4.78, 5) is 80.2. The van der Waals surface area contributed by atoms with Crippen molar-refractivity contribution in [1.29, 1.82) is 0 Å². The molecule has 4 N–H and O–H groups in total. The van der Waals surface area contributed by atoms with Gasteiger partial charge in [-0.25, -0.2) is 9.78 Å². The fraction of sp³-hybridized carbons (Fsp3) is 0.229. The lowest BCUT2D eigenvalue weighted by Crippen LogP contribution is -2.56. The molecule has 0 spiro atoms. The van der Waals surface area contributed by atoms with Crippen LogP contribution in [-0.4, -0.2) is 62.8 Å². The van der Waals surface area contributed by atoms with Crippen LogP contribution < -0.4 is 21.5 Å². The molecular formula is C35H33F2N5O8. The number of nitrogens with one attached hydrogen (secondary N) is 3. The van der Waals surface area contributed by atoms with Crippen LogP contribution in [0.2, 0.25) is 0 Å². The monoisotopic (exact) mass is 689 g/mol. The smallest absolute Gasteiger partial charge is 0.412 e. The van der Waals surface area contributed by atoms with Gasteiger partial charge in [-0.05, 0) is 24.1 Å². The van der Waals surface area contributed by atoms with Crippen LogP contribution in [0.5, 0.6) is 0 Å². The number of benzene rings is 3. The third-order valence-electron chi connectivity index (χ3n) is 7.23. The first-order chi connectivity index (χ1) is 23.8. The van der Waals surface area contributed by atoms with E-state index >= 15 is 8.78 Å². The van der Waals surface area contributed by atoms with Crippen molar-refractivity contribution in [2.75, 3.05) is 11.9 Å². The van der Waals surface area contributed by atoms with Gasteiger partial charge in [0.1, 0.15) is 24.7 Å². The Balaban J connectivity index is 1.61. The van der Waals surface area contributed by atoms with Crippen LogP contribution in [0, 0.1) is 6.92 Å². The van der Waals surface area contributed by atoms with Gasteiger partial charge in [-0.3, -0.25) is 33.9 Å². The number of rotatable bonds is 15. The third kappa shape index (κ3) is 9.88. The van der Waals surface area contributed by atoms with E-state index in [1.165, 1.54) is 12.1 Å². The van der Waals surface area contributed by atoms with Crippen molar-refractivity contribution >= 4 is 35.3 Å². The Morgan fingerprint density at radius 3 is 2.24 bits per heavy atom. The number of Topliss-reactive ketones (excluding diaryl/α,β-unsaturated/α-hetero) is 1. The third-order valence-corrected chi connectivity index (χ3v) is 7.23. The number of anilines is 1. The fourth-order valence-corrected chi connectivity index (χ4v) is 4.78. The van der Waals surface area contributed by atoms with Crippen LogP contribution in [-0.2, 0) is 43.5 Å². The van der Waals surface area contributed by atoms with Gasteiger partial charge in [0.05, 0.1) is 18.7 Å². The Bertz CT molecular complexity index is 1920. The molecule has 0 aliphatic carbocycles. The molecule has 0 bridgehead atoms. The topological polar surface area (TPSA) is 186 Å². The summed E-state index contributed by atoms with van der Waals surface area (Å²) < 4.78 is 36.3. The lowest BCUT2D eigenvalue weighted by Gasteiger charge is -2.23. The van der Waals surface area contributed by atoms with Crippen LogP contribution in [0.3, 0.4) is 0 Å². The molecule has 260 valence electrons.